The average Bonchev–Trinajstić information content (AvgIpc) is 2.30. The van der Waals surface area contributed by atoms with Crippen molar-refractivity contribution in [1.29, 1.82) is 0 Å². The number of fused-ring (bicyclic) bond motifs is 1. The first-order chi connectivity index (χ1) is 8.36. The minimum atomic E-state index is -0.947. The third-order valence-electron chi connectivity index (χ3n) is 5.06. The lowest BCUT2D eigenvalue weighted by molar-refractivity contribution is -0.134. The van der Waals surface area contributed by atoms with Crippen molar-refractivity contribution in [2.75, 3.05) is 0 Å². The molecule has 2 aliphatic rings. The van der Waals surface area contributed by atoms with Gasteiger partial charge < -0.3 is 10.2 Å². The van der Waals surface area contributed by atoms with Crippen molar-refractivity contribution in [3.8, 4) is 0 Å². The van der Waals surface area contributed by atoms with Crippen LogP contribution in [-0.2, 0) is 4.79 Å². The molecule has 0 unspecified atom stereocenters. The van der Waals surface area contributed by atoms with Gasteiger partial charge in [-0.2, -0.15) is 0 Å². The maximum atomic E-state index is 11.0. The number of rotatable bonds is 2. The van der Waals surface area contributed by atoms with Crippen LogP contribution in [-0.4, -0.2) is 22.3 Å². The van der Waals surface area contributed by atoms with Gasteiger partial charge in [-0.25, -0.2) is 4.79 Å². The summed E-state index contributed by atoms with van der Waals surface area (Å²) in [5.41, 5.74) is 1.28. The molecule has 2 aliphatic carbocycles. The Bertz CT molecular complexity index is 399. The first-order valence-electron chi connectivity index (χ1n) is 6.64. The number of allylic oxidation sites excluding steroid dienone is 1. The summed E-state index contributed by atoms with van der Waals surface area (Å²) in [5, 5.41) is 19.5. The lowest BCUT2D eigenvalue weighted by Gasteiger charge is -2.51. The summed E-state index contributed by atoms with van der Waals surface area (Å²) in [6.07, 6.45) is 3.93. The molecule has 0 aromatic rings. The van der Waals surface area contributed by atoms with E-state index in [1.807, 2.05) is 0 Å². The molecule has 0 aromatic heterocycles. The molecule has 0 heterocycles. The van der Waals surface area contributed by atoms with Crippen LogP contribution in [0.15, 0.2) is 24.3 Å². The van der Waals surface area contributed by atoms with Gasteiger partial charge in [0.15, 0.2) is 0 Å². The maximum absolute atomic E-state index is 11.0. The van der Waals surface area contributed by atoms with Crippen molar-refractivity contribution in [3.05, 3.63) is 24.3 Å². The fourth-order valence-electron chi connectivity index (χ4n) is 3.72. The minimum Gasteiger partial charge on any atom is -0.478 e. The Morgan fingerprint density at radius 2 is 2.11 bits per heavy atom. The van der Waals surface area contributed by atoms with E-state index in [0.29, 0.717) is 6.42 Å². The molecule has 3 nitrogen and oxygen atoms in total. The molecular formula is C15H22O3. The molecule has 0 radical (unpaired) electrons. The molecule has 3 heteroatoms. The second kappa shape index (κ2) is 4.54. The molecule has 2 rings (SSSR count). The molecular weight excluding hydrogens is 228 g/mol. The normalized spacial score (nSPS) is 40.1. The van der Waals surface area contributed by atoms with E-state index in [1.165, 1.54) is 5.57 Å². The van der Waals surface area contributed by atoms with E-state index in [0.717, 1.165) is 25.7 Å². The van der Waals surface area contributed by atoms with E-state index in [9.17, 15) is 9.90 Å². The monoisotopic (exact) mass is 250 g/mol. The summed E-state index contributed by atoms with van der Waals surface area (Å²) in [5.74, 6) is -0.834. The predicted molar refractivity (Wildman–Crippen MR) is 70.1 cm³/mol. The summed E-state index contributed by atoms with van der Waals surface area (Å²) in [6, 6.07) is 0. The zero-order valence-corrected chi connectivity index (χ0v) is 11.0. The Kier molecular flexibility index (Phi) is 3.37. The van der Waals surface area contributed by atoms with Gasteiger partial charge in [-0.1, -0.05) is 25.7 Å². The molecule has 0 aliphatic heterocycles. The van der Waals surface area contributed by atoms with Gasteiger partial charge in [-0.15, -0.1) is 0 Å². The number of carboxylic acids is 1. The summed E-state index contributed by atoms with van der Waals surface area (Å²) >= 11 is 0. The second-order valence-electron chi connectivity index (χ2n) is 6.08. The third-order valence-corrected chi connectivity index (χ3v) is 5.06. The van der Waals surface area contributed by atoms with E-state index in [-0.39, 0.29) is 22.8 Å². The van der Waals surface area contributed by atoms with Crippen LogP contribution in [0.5, 0.6) is 0 Å². The summed E-state index contributed by atoms with van der Waals surface area (Å²) in [7, 11) is 0. The Morgan fingerprint density at radius 1 is 1.44 bits per heavy atom. The Labute approximate surface area is 108 Å². The van der Waals surface area contributed by atoms with E-state index in [2.05, 4.69) is 20.1 Å². The first-order valence-corrected chi connectivity index (χ1v) is 6.64. The minimum absolute atomic E-state index is 0.120. The highest BCUT2D eigenvalue weighted by Gasteiger charge is 2.49. The Morgan fingerprint density at radius 3 is 2.72 bits per heavy atom. The number of carbonyl (C=O) groups is 1. The van der Waals surface area contributed by atoms with Crippen LogP contribution in [0.25, 0.3) is 0 Å². The van der Waals surface area contributed by atoms with Crippen LogP contribution in [0.4, 0.5) is 0 Å². The molecule has 0 bridgehead atoms. The van der Waals surface area contributed by atoms with Crippen molar-refractivity contribution in [2.45, 2.75) is 45.1 Å². The Balaban J connectivity index is 2.23. The number of hydrogen-bond acceptors (Lipinski definition) is 2. The van der Waals surface area contributed by atoms with Crippen molar-refractivity contribution in [2.24, 2.45) is 17.3 Å². The predicted octanol–water partition coefficient (Wildman–Crippen LogP) is 2.76. The first kappa shape index (κ1) is 13.3. The van der Waals surface area contributed by atoms with E-state index >= 15 is 0 Å². The Hall–Kier alpha value is -1.09. The summed E-state index contributed by atoms with van der Waals surface area (Å²) < 4.78 is 0. The van der Waals surface area contributed by atoms with Gasteiger partial charge in [0.25, 0.3) is 0 Å². The molecule has 0 amide bonds. The van der Waals surface area contributed by atoms with Crippen molar-refractivity contribution >= 4 is 5.97 Å². The standard InChI is InChI=1S/C15H22O3/c1-9-5-4-6-15(3)12(9)7-11(8-13(15)16)10(2)14(17)18/h11-13,16H,1-2,4-8H2,3H3,(H,17,18)/t11-,12-,13-,15+/m0/s1. The lowest BCUT2D eigenvalue weighted by atomic mass is 9.55. The number of aliphatic hydroxyl groups is 1. The third kappa shape index (κ3) is 2.01. The molecule has 2 fully saturated rings. The lowest BCUT2D eigenvalue weighted by Crippen LogP contribution is -2.48. The van der Waals surface area contributed by atoms with E-state index < -0.39 is 12.1 Å². The maximum Gasteiger partial charge on any atom is 0.331 e. The zero-order chi connectivity index (χ0) is 13.5. The van der Waals surface area contributed by atoms with Gasteiger partial charge in [-0.3, -0.25) is 0 Å². The van der Waals surface area contributed by atoms with Gasteiger partial charge >= 0.3 is 5.97 Å². The molecule has 0 saturated heterocycles. The van der Waals surface area contributed by atoms with Crippen molar-refractivity contribution in [1.82, 2.24) is 0 Å². The molecule has 100 valence electrons. The smallest absolute Gasteiger partial charge is 0.331 e. The number of carboxylic acid groups (broad SMARTS) is 1. The van der Waals surface area contributed by atoms with Gasteiger partial charge in [0.05, 0.1) is 6.10 Å². The average molecular weight is 250 g/mol. The highest BCUT2D eigenvalue weighted by molar-refractivity contribution is 5.86. The fourth-order valence-corrected chi connectivity index (χ4v) is 3.72. The van der Waals surface area contributed by atoms with Gasteiger partial charge in [0.2, 0.25) is 0 Å². The number of hydrogen-bond donors (Lipinski definition) is 2. The van der Waals surface area contributed by atoms with Crippen LogP contribution in [0.2, 0.25) is 0 Å². The van der Waals surface area contributed by atoms with Crippen molar-refractivity contribution < 1.29 is 15.0 Å². The zero-order valence-electron chi connectivity index (χ0n) is 11.0. The molecule has 18 heavy (non-hydrogen) atoms. The SMILES string of the molecule is C=C(C(=O)O)[C@@H]1C[C@H](O)[C@]2(C)CCCC(=C)[C@@H]2C1. The van der Waals surface area contributed by atoms with E-state index in [4.69, 9.17) is 5.11 Å². The quantitative estimate of drug-likeness (QED) is 0.585. The molecule has 2 saturated carbocycles. The highest BCUT2D eigenvalue weighted by atomic mass is 16.4. The largest absolute Gasteiger partial charge is 0.478 e. The fraction of sp³-hybridized carbons (Fsp3) is 0.667. The molecule has 4 atom stereocenters. The second-order valence-corrected chi connectivity index (χ2v) is 6.08. The highest BCUT2D eigenvalue weighted by Crippen LogP contribution is 2.54. The van der Waals surface area contributed by atoms with Crippen LogP contribution in [0, 0.1) is 17.3 Å². The van der Waals surface area contributed by atoms with Crippen molar-refractivity contribution in [3.63, 3.8) is 0 Å². The molecule has 0 spiro atoms. The van der Waals surface area contributed by atoms with Crippen LogP contribution < -0.4 is 0 Å². The van der Waals surface area contributed by atoms with Gasteiger partial charge in [0, 0.05) is 11.0 Å². The van der Waals surface area contributed by atoms with Gasteiger partial charge in [0.1, 0.15) is 0 Å². The van der Waals surface area contributed by atoms with E-state index in [1.54, 1.807) is 0 Å². The number of aliphatic carboxylic acids is 1. The van der Waals surface area contributed by atoms with Crippen LogP contribution in [0.3, 0.4) is 0 Å². The molecule has 2 N–H and O–H groups in total. The van der Waals surface area contributed by atoms with Gasteiger partial charge in [-0.05, 0) is 43.9 Å². The summed E-state index contributed by atoms with van der Waals surface area (Å²) in [4.78, 5) is 11.0. The number of aliphatic hydroxyl groups excluding tert-OH is 1. The van der Waals surface area contributed by atoms with Crippen LogP contribution in [0.1, 0.15) is 39.0 Å². The topological polar surface area (TPSA) is 57.5 Å². The van der Waals surface area contributed by atoms with Crippen LogP contribution >= 0.6 is 0 Å². The molecule has 0 aromatic carbocycles. The summed E-state index contributed by atoms with van der Waals surface area (Å²) in [6.45, 7) is 9.90.